The zero-order chi connectivity index (χ0) is 22.9. The number of aromatic amines is 1. The van der Waals surface area contributed by atoms with Crippen LogP contribution in [0, 0.1) is 31.6 Å². The molecular formula is C26H29ClN4O3. The van der Waals surface area contributed by atoms with Crippen molar-refractivity contribution >= 4 is 47.3 Å². The van der Waals surface area contributed by atoms with Gasteiger partial charge in [0.05, 0.1) is 12.1 Å². The third-order valence-corrected chi connectivity index (χ3v) is 7.81. The number of nitrogens with zero attached hydrogens (tertiary/aromatic N) is 1. The molecule has 34 heavy (non-hydrogen) atoms. The van der Waals surface area contributed by atoms with Gasteiger partial charge in [0.2, 0.25) is 5.91 Å². The SMILES string of the molecule is Cc1[nH]c(C=C2C(=O)Nc3ccc(CC4C(=O)CNC4=O)cc32)c(C)c1CN1C[C@H]2C[C@H]2C1.Cl. The fourth-order valence-electron chi connectivity index (χ4n) is 5.70. The smallest absolute Gasteiger partial charge is 0.256 e. The third-order valence-electron chi connectivity index (χ3n) is 7.81. The molecule has 3 aliphatic heterocycles. The highest BCUT2D eigenvalue weighted by atomic mass is 35.5. The number of aromatic nitrogens is 1. The number of nitrogens with one attached hydrogen (secondary N) is 3. The van der Waals surface area contributed by atoms with Crippen molar-refractivity contribution in [2.24, 2.45) is 17.8 Å². The summed E-state index contributed by atoms with van der Waals surface area (Å²) in [5.74, 6) is 0.739. The summed E-state index contributed by atoms with van der Waals surface area (Å²) in [6, 6.07) is 5.67. The minimum absolute atomic E-state index is 0. The number of fused-ring (bicyclic) bond motifs is 2. The molecule has 7 nitrogen and oxygen atoms in total. The number of amides is 2. The molecule has 2 aromatic rings. The number of hydrogen-bond acceptors (Lipinski definition) is 4. The molecule has 8 heteroatoms. The number of anilines is 1. The van der Waals surface area contributed by atoms with E-state index in [9.17, 15) is 14.4 Å². The van der Waals surface area contributed by atoms with Crippen LogP contribution in [0.3, 0.4) is 0 Å². The average Bonchev–Trinajstić information content (AvgIpc) is 3.00. The molecule has 1 saturated carbocycles. The summed E-state index contributed by atoms with van der Waals surface area (Å²) in [5.41, 5.74) is 7.67. The van der Waals surface area contributed by atoms with E-state index in [0.29, 0.717) is 12.0 Å². The van der Waals surface area contributed by atoms with Gasteiger partial charge in [0.25, 0.3) is 5.91 Å². The minimum atomic E-state index is -0.645. The average molecular weight is 481 g/mol. The second kappa shape index (κ2) is 8.40. The first kappa shape index (κ1) is 22.9. The van der Waals surface area contributed by atoms with Crippen LogP contribution in [0.4, 0.5) is 5.69 Å². The fourth-order valence-corrected chi connectivity index (χ4v) is 5.70. The van der Waals surface area contributed by atoms with Crippen LogP contribution < -0.4 is 10.6 Å². The van der Waals surface area contributed by atoms with E-state index in [-0.39, 0.29) is 36.5 Å². The molecule has 0 spiro atoms. The molecule has 3 fully saturated rings. The van der Waals surface area contributed by atoms with Crippen molar-refractivity contribution in [2.45, 2.75) is 33.2 Å². The Labute approximate surface area is 204 Å². The number of halogens is 1. The van der Waals surface area contributed by atoms with Crippen LogP contribution in [0.1, 0.15) is 40.1 Å². The van der Waals surface area contributed by atoms with E-state index >= 15 is 0 Å². The lowest BCUT2D eigenvalue weighted by Gasteiger charge is -2.17. The normalized spacial score (nSPS) is 26.4. The van der Waals surface area contributed by atoms with Crippen LogP contribution >= 0.6 is 12.4 Å². The van der Waals surface area contributed by atoms with Gasteiger partial charge in [-0.2, -0.15) is 0 Å². The van der Waals surface area contributed by atoms with Crippen molar-refractivity contribution in [1.82, 2.24) is 15.2 Å². The van der Waals surface area contributed by atoms with Crippen molar-refractivity contribution in [1.29, 1.82) is 0 Å². The number of aryl methyl sites for hydroxylation is 1. The Morgan fingerprint density at radius 2 is 1.88 bits per heavy atom. The van der Waals surface area contributed by atoms with E-state index in [4.69, 9.17) is 0 Å². The molecule has 6 rings (SSSR count). The summed E-state index contributed by atoms with van der Waals surface area (Å²) < 4.78 is 0. The quantitative estimate of drug-likeness (QED) is 0.453. The van der Waals surface area contributed by atoms with Gasteiger partial charge in [0.1, 0.15) is 5.92 Å². The Bertz CT molecular complexity index is 1220. The van der Waals surface area contributed by atoms with Gasteiger partial charge in [-0.05, 0) is 73.4 Å². The van der Waals surface area contributed by atoms with Crippen LogP contribution in [-0.4, -0.2) is 47.1 Å². The van der Waals surface area contributed by atoms with Crippen molar-refractivity contribution in [3.8, 4) is 0 Å². The number of Topliss-reactive ketones (excluding diaryl/α,β-unsaturated/α-hetero) is 1. The summed E-state index contributed by atoms with van der Waals surface area (Å²) in [7, 11) is 0. The van der Waals surface area contributed by atoms with Crippen molar-refractivity contribution in [2.75, 3.05) is 25.0 Å². The van der Waals surface area contributed by atoms with Gasteiger partial charge in [0, 0.05) is 42.3 Å². The molecule has 1 aromatic carbocycles. The zero-order valence-corrected chi connectivity index (χ0v) is 20.2. The number of rotatable bonds is 5. The molecule has 4 aliphatic rings. The van der Waals surface area contributed by atoms with E-state index in [1.807, 2.05) is 24.3 Å². The maximum atomic E-state index is 12.8. The molecule has 0 bridgehead atoms. The number of benzene rings is 1. The number of piperidine rings is 1. The molecule has 2 saturated heterocycles. The predicted octanol–water partition coefficient (Wildman–Crippen LogP) is 2.86. The number of carbonyl (C=O) groups excluding carboxylic acids is 3. The first-order chi connectivity index (χ1) is 15.9. The Kier molecular flexibility index (Phi) is 5.65. The highest BCUT2D eigenvalue weighted by Gasteiger charge is 2.45. The number of ketones is 1. The molecular weight excluding hydrogens is 452 g/mol. The topological polar surface area (TPSA) is 94.3 Å². The molecule has 4 heterocycles. The number of H-pyrrole nitrogens is 1. The zero-order valence-electron chi connectivity index (χ0n) is 19.4. The van der Waals surface area contributed by atoms with Crippen LogP contribution in [0.2, 0.25) is 0 Å². The first-order valence-electron chi connectivity index (χ1n) is 11.7. The van der Waals surface area contributed by atoms with E-state index in [1.165, 1.54) is 30.6 Å². The number of carbonyl (C=O) groups is 3. The van der Waals surface area contributed by atoms with Gasteiger partial charge in [0.15, 0.2) is 5.78 Å². The molecule has 1 aliphatic carbocycles. The molecule has 1 unspecified atom stereocenters. The first-order valence-corrected chi connectivity index (χ1v) is 11.7. The maximum Gasteiger partial charge on any atom is 0.256 e. The van der Waals surface area contributed by atoms with Crippen LogP contribution in [-0.2, 0) is 27.3 Å². The summed E-state index contributed by atoms with van der Waals surface area (Å²) in [6.45, 7) is 7.68. The van der Waals surface area contributed by atoms with Crippen LogP contribution in [0.5, 0.6) is 0 Å². The number of hydrogen-bond donors (Lipinski definition) is 3. The maximum absolute atomic E-state index is 12.8. The summed E-state index contributed by atoms with van der Waals surface area (Å²) >= 11 is 0. The van der Waals surface area contributed by atoms with Gasteiger partial charge in [-0.15, -0.1) is 12.4 Å². The lowest BCUT2D eigenvalue weighted by molar-refractivity contribution is -0.127. The van der Waals surface area contributed by atoms with E-state index in [2.05, 4.69) is 34.4 Å². The van der Waals surface area contributed by atoms with Crippen molar-refractivity contribution < 1.29 is 14.4 Å². The number of likely N-dealkylation sites (tertiary alicyclic amines) is 1. The molecule has 2 amide bonds. The lowest BCUT2D eigenvalue weighted by atomic mass is 9.94. The standard InChI is InChI=1S/C26H28N4O3.ClH/c1-13-21(12-30-10-16-7-17(16)11-30)14(2)28-23(13)8-19-18-5-15(3-4-22(18)29-26(19)33)6-20-24(31)9-27-25(20)32;/h3-5,8,16-17,20,28H,6-7,9-12H2,1-2H3,(H,27,32)(H,29,33);1H/t16-,17+,20?;. The monoisotopic (exact) mass is 480 g/mol. The minimum Gasteiger partial charge on any atom is -0.359 e. The second-order valence-electron chi connectivity index (χ2n) is 10.1. The van der Waals surface area contributed by atoms with Gasteiger partial charge in [-0.3, -0.25) is 19.3 Å². The predicted molar refractivity (Wildman–Crippen MR) is 133 cm³/mol. The third kappa shape index (κ3) is 3.87. The fraction of sp³-hybridized carbons (Fsp3) is 0.423. The van der Waals surface area contributed by atoms with Gasteiger partial charge >= 0.3 is 0 Å². The molecule has 3 N–H and O–H groups in total. The second-order valence-corrected chi connectivity index (χ2v) is 10.1. The van der Waals surface area contributed by atoms with Gasteiger partial charge in [-0.25, -0.2) is 0 Å². The van der Waals surface area contributed by atoms with Gasteiger partial charge < -0.3 is 15.6 Å². The summed E-state index contributed by atoms with van der Waals surface area (Å²) in [6.07, 6.45) is 3.68. The van der Waals surface area contributed by atoms with Crippen molar-refractivity contribution in [3.05, 3.63) is 51.8 Å². The largest absolute Gasteiger partial charge is 0.359 e. The summed E-state index contributed by atoms with van der Waals surface area (Å²) in [4.78, 5) is 42.8. The summed E-state index contributed by atoms with van der Waals surface area (Å²) in [5, 5.41) is 5.55. The molecule has 0 radical (unpaired) electrons. The lowest BCUT2D eigenvalue weighted by Crippen LogP contribution is -2.22. The molecule has 178 valence electrons. The van der Waals surface area contributed by atoms with Crippen LogP contribution in [0.25, 0.3) is 11.6 Å². The Morgan fingerprint density at radius 1 is 1.12 bits per heavy atom. The molecule has 3 atom stereocenters. The van der Waals surface area contributed by atoms with Crippen molar-refractivity contribution in [3.63, 3.8) is 0 Å². The highest BCUT2D eigenvalue weighted by Crippen LogP contribution is 2.45. The van der Waals surface area contributed by atoms with E-state index in [1.54, 1.807) is 0 Å². The Hall–Kier alpha value is -2.90. The van der Waals surface area contributed by atoms with E-state index < -0.39 is 5.92 Å². The van der Waals surface area contributed by atoms with Gasteiger partial charge in [-0.1, -0.05) is 6.07 Å². The highest BCUT2D eigenvalue weighted by molar-refractivity contribution is 6.35. The Morgan fingerprint density at radius 3 is 2.59 bits per heavy atom. The van der Waals surface area contributed by atoms with E-state index in [0.717, 1.165) is 46.6 Å². The Balaban J connectivity index is 0.00000241. The van der Waals surface area contributed by atoms with Crippen LogP contribution in [0.15, 0.2) is 18.2 Å². The molecule has 1 aromatic heterocycles.